The molecule has 13 atom stereocenters. The van der Waals surface area contributed by atoms with Crippen LogP contribution >= 0.6 is 0 Å². The Morgan fingerprint density at radius 3 is 2.33 bits per heavy atom. The average molecular weight is 533 g/mol. The number of rotatable bonds is 8. The lowest BCUT2D eigenvalue weighted by Gasteiger charge is -2.63. The second-order valence-electron chi connectivity index (χ2n) is 13.3. The van der Waals surface area contributed by atoms with Gasteiger partial charge < -0.3 is 20.4 Å². The molecule has 0 radical (unpaired) electrons. The maximum absolute atomic E-state index is 11.7. The minimum absolute atomic E-state index is 0.0551. The van der Waals surface area contributed by atoms with Gasteiger partial charge >= 0.3 is 10.4 Å². The Morgan fingerprint density at radius 1 is 0.972 bits per heavy atom. The lowest BCUT2D eigenvalue weighted by atomic mass is 9.43. The maximum atomic E-state index is 11.7. The minimum Gasteiger partial charge on any atom is -0.393 e. The molecule has 8 nitrogen and oxygen atoms in total. The number of hydrogen-bond donors (Lipinski definition) is 5. The van der Waals surface area contributed by atoms with Crippen molar-refractivity contribution >= 4 is 10.4 Å². The van der Waals surface area contributed by atoms with Gasteiger partial charge in [0.05, 0.1) is 31.0 Å². The van der Waals surface area contributed by atoms with Crippen molar-refractivity contribution in [2.75, 3.05) is 6.61 Å². The van der Waals surface area contributed by atoms with Crippen LogP contribution in [-0.4, -0.2) is 64.4 Å². The molecule has 4 rings (SSSR count). The van der Waals surface area contributed by atoms with Crippen molar-refractivity contribution in [1.29, 1.82) is 0 Å². The van der Waals surface area contributed by atoms with Crippen LogP contribution in [0.3, 0.4) is 0 Å². The molecular formula is C27H48O8S. The largest absolute Gasteiger partial charge is 0.397 e. The van der Waals surface area contributed by atoms with Gasteiger partial charge in [-0.3, -0.25) is 4.55 Å². The Bertz CT molecular complexity index is 881. The fourth-order valence-corrected chi connectivity index (χ4v) is 9.74. The molecule has 36 heavy (non-hydrogen) atoms. The van der Waals surface area contributed by atoms with Gasteiger partial charge in [-0.15, -0.1) is 0 Å². The van der Waals surface area contributed by atoms with Crippen molar-refractivity contribution in [3.05, 3.63) is 0 Å². The molecule has 0 aromatic heterocycles. The summed E-state index contributed by atoms with van der Waals surface area (Å²) in [6.45, 7) is 8.17. The zero-order valence-electron chi connectivity index (χ0n) is 22.3. The Morgan fingerprint density at radius 2 is 1.67 bits per heavy atom. The molecular weight excluding hydrogens is 484 g/mol. The lowest BCUT2D eigenvalue weighted by molar-refractivity contribution is -0.207. The average Bonchev–Trinajstić information content (AvgIpc) is 3.15. The van der Waals surface area contributed by atoms with Crippen molar-refractivity contribution in [2.24, 2.45) is 52.3 Å². The van der Waals surface area contributed by atoms with E-state index in [0.717, 1.165) is 44.9 Å². The number of hydrogen-bond acceptors (Lipinski definition) is 7. The van der Waals surface area contributed by atoms with Crippen molar-refractivity contribution < 1.29 is 37.6 Å². The predicted octanol–water partition coefficient (Wildman–Crippen LogP) is 3.18. The van der Waals surface area contributed by atoms with Crippen molar-refractivity contribution in [3.63, 3.8) is 0 Å². The van der Waals surface area contributed by atoms with Gasteiger partial charge in [-0.1, -0.05) is 27.7 Å². The topological polar surface area (TPSA) is 145 Å². The summed E-state index contributed by atoms with van der Waals surface area (Å²) in [5.74, 6) is 1.10. The molecule has 210 valence electrons. The highest BCUT2D eigenvalue weighted by Gasteiger charge is 2.65. The van der Waals surface area contributed by atoms with Crippen molar-refractivity contribution in [1.82, 2.24) is 0 Å². The van der Waals surface area contributed by atoms with E-state index in [0.29, 0.717) is 18.8 Å². The molecule has 0 heterocycles. The fourth-order valence-electron chi connectivity index (χ4n) is 9.36. The second kappa shape index (κ2) is 10.4. The van der Waals surface area contributed by atoms with Crippen LogP contribution in [0.25, 0.3) is 0 Å². The van der Waals surface area contributed by atoms with Gasteiger partial charge in [-0.25, -0.2) is 4.18 Å². The number of fused-ring (bicyclic) bond motifs is 5. The summed E-state index contributed by atoms with van der Waals surface area (Å²) in [7, 11) is -4.53. The first-order chi connectivity index (χ1) is 16.7. The van der Waals surface area contributed by atoms with Gasteiger partial charge in [-0.2, -0.15) is 8.42 Å². The van der Waals surface area contributed by atoms with Gasteiger partial charge in [-0.05, 0) is 104 Å². The maximum Gasteiger partial charge on any atom is 0.397 e. The summed E-state index contributed by atoms with van der Waals surface area (Å²) in [6.07, 6.45) is 5.31. The Balaban J connectivity index is 1.44. The summed E-state index contributed by atoms with van der Waals surface area (Å²) in [4.78, 5) is 0. The van der Waals surface area contributed by atoms with Crippen LogP contribution in [0, 0.1) is 52.3 Å². The van der Waals surface area contributed by atoms with E-state index in [-0.39, 0.29) is 53.1 Å². The quantitative estimate of drug-likeness (QED) is 0.300. The molecule has 4 fully saturated rings. The molecule has 0 spiro atoms. The van der Waals surface area contributed by atoms with Gasteiger partial charge in [0.25, 0.3) is 0 Å². The van der Waals surface area contributed by atoms with E-state index in [1.54, 1.807) is 6.92 Å². The van der Waals surface area contributed by atoms with E-state index in [2.05, 4.69) is 25.0 Å². The van der Waals surface area contributed by atoms with E-state index < -0.39 is 34.6 Å². The van der Waals surface area contributed by atoms with Crippen LogP contribution in [0.1, 0.15) is 85.5 Å². The number of aliphatic hydroxyl groups is 4. The summed E-state index contributed by atoms with van der Waals surface area (Å²) < 4.78 is 34.9. The van der Waals surface area contributed by atoms with Gasteiger partial charge in [0.15, 0.2) is 0 Å². The predicted molar refractivity (Wildman–Crippen MR) is 135 cm³/mol. The Labute approximate surface area is 216 Å². The van der Waals surface area contributed by atoms with Gasteiger partial charge in [0.1, 0.15) is 0 Å². The van der Waals surface area contributed by atoms with Gasteiger partial charge in [0.2, 0.25) is 0 Å². The molecule has 4 saturated carbocycles. The molecule has 0 amide bonds. The first kappa shape index (κ1) is 28.7. The normalized spacial score (nSPS) is 47.4. The van der Waals surface area contributed by atoms with Crippen LogP contribution in [0.4, 0.5) is 0 Å². The third-order valence-electron chi connectivity index (χ3n) is 11.6. The minimum atomic E-state index is -4.53. The van der Waals surface area contributed by atoms with Gasteiger partial charge in [0, 0.05) is 5.92 Å². The molecule has 4 aliphatic rings. The van der Waals surface area contributed by atoms with Crippen LogP contribution in [0.2, 0.25) is 0 Å². The zero-order valence-corrected chi connectivity index (χ0v) is 23.1. The van der Waals surface area contributed by atoms with Crippen LogP contribution in [-0.2, 0) is 14.6 Å². The first-order valence-electron chi connectivity index (χ1n) is 14.0. The molecule has 0 bridgehead atoms. The fraction of sp³-hybridized carbons (Fsp3) is 1.00. The van der Waals surface area contributed by atoms with E-state index in [9.17, 15) is 28.8 Å². The molecule has 0 saturated heterocycles. The zero-order chi connectivity index (χ0) is 26.6. The summed E-state index contributed by atoms with van der Waals surface area (Å²) in [5, 5.41) is 43.9. The van der Waals surface area contributed by atoms with Crippen LogP contribution in [0.5, 0.6) is 0 Å². The standard InChI is InChI=1S/C27H48O8S/c1-15(5-8-22(29)16(2)14-35-36(32,33)34)19-6-7-20-25-21(13-24(31)27(19,20)4)26(3)10-9-18(28)11-17(26)12-23(25)30/h15-25,28-31H,5-14H2,1-4H3,(H,32,33,34). The third-order valence-corrected chi connectivity index (χ3v) is 12.0. The molecule has 0 aromatic rings. The highest BCUT2D eigenvalue weighted by molar-refractivity contribution is 7.80. The monoisotopic (exact) mass is 532 g/mol. The Hall–Kier alpha value is -0.290. The molecule has 4 aliphatic carbocycles. The molecule has 0 aromatic carbocycles. The molecule has 0 aliphatic heterocycles. The van der Waals surface area contributed by atoms with E-state index in [1.165, 1.54) is 0 Å². The smallest absolute Gasteiger partial charge is 0.393 e. The third kappa shape index (κ3) is 5.15. The van der Waals surface area contributed by atoms with E-state index >= 15 is 0 Å². The van der Waals surface area contributed by atoms with Crippen LogP contribution < -0.4 is 0 Å². The molecule has 13 unspecified atom stereocenters. The Kier molecular flexibility index (Phi) is 8.26. The van der Waals surface area contributed by atoms with E-state index in [4.69, 9.17) is 4.55 Å². The van der Waals surface area contributed by atoms with Crippen molar-refractivity contribution in [3.8, 4) is 0 Å². The number of aliphatic hydroxyl groups excluding tert-OH is 4. The highest BCUT2D eigenvalue weighted by atomic mass is 32.3. The van der Waals surface area contributed by atoms with Crippen LogP contribution in [0.15, 0.2) is 0 Å². The highest BCUT2D eigenvalue weighted by Crippen LogP contribution is 2.68. The summed E-state index contributed by atoms with van der Waals surface area (Å²) in [6, 6.07) is 0. The second-order valence-corrected chi connectivity index (χ2v) is 14.4. The summed E-state index contributed by atoms with van der Waals surface area (Å²) in [5.41, 5.74) is -0.233. The molecule has 5 N–H and O–H groups in total. The SMILES string of the molecule is CC(COS(=O)(=O)O)C(O)CCC(C)C1CCC2C3C(O)CC4CC(O)CCC4(C)C3CC(O)C12C. The first-order valence-corrected chi connectivity index (χ1v) is 15.4. The summed E-state index contributed by atoms with van der Waals surface area (Å²) >= 11 is 0. The van der Waals surface area contributed by atoms with E-state index in [1.807, 2.05) is 0 Å². The molecule has 9 heteroatoms. The van der Waals surface area contributed by atoms with Crippen molar-refractivity contribution in [2.45, 2.75) is 110 Å². The lowest BCUT2D eigenvalue weighted by Crippen LogP contribution is -2.62.